The summed E-state index contributed by atoms with van der Waals surface area (Å²) < 4.78 is 0. The van der Waals surface area contributed by atoms with Crippen molar-refractivity contribution in [3.63, 3.8) is 0 Å². The number of rotatable bonds is 4. The van der Waals surface area contributed by atoms with Crippen LogP contribution in [0.2, 0.25) is 0 Å². The van der Waals surface area contributed by atoms with Gasteiger partial charge in [0.25, 0.3) is 0 Å². The van der Waals surface area contributed by atoms with Crippen LogP contribution in [0.1, 0.15) is 40.1 Å². The second-order valence-corrected chi connectivity index (χ2v) is 8.71. The summed E-state index contributed by atoms with van der Waals surface area (Å²) in [6.45, 7) is 0. The van der Waals surface area contributed by atoms with Crippen LogP contribution in [-0.4, -0.2) is 5.71 Å². The lowest BCUT2D eigenvalue weighted by Crippen LogP contribution is -2.22. The average Bonchev–Trinajstić information content (AvgIpc) is 3.61. The predicted octanol–water partition coefficient (Wildman–Crippen LogP) is 7.04. The van der Waals surface area contributed by atoms with Gasteiger partial charge in [-0.3, -0.25) is 4.99 Å². The summed E-state index contributed by atoms with van der Waals surface area (Å²) in [6, 6.07) is 43.9. The van der Waals surface area contributed by atoms with E-state index in [4.69, 9.17) is 4.99 Å². The van der Waals surface area contributed by atoms with Gasteiger partial charge in [-0.1, -0.05) is 121 Å². The molecule has 1 saturated carbocycles. The van der Waals surface area contributed by atoms with E-state index in [1.54, 1.807) is 0 Å². The van der Waals surface area contributed by atoms with Gasteiger partial charge >= 0.3 is 0 Å². The van der Waals surface area contributed by atoms with Gasteiger partial charge in [-0.25, -0.2) is 0 Å². The summed E-state index contributed by atoms with van der Waals surface area (Å²) >= 11 is 0. The highest BCUT2D eigenvalue weighted by atomic mass is 14.9. The molecule has 31 heavy (non-hydrogen) atoms. The van der Waals surface area contributed by atoms with Crippen LogP contribution in [0.15, 0.2) is 126 Å². The number of hydrogen-bond acceptors (Lipinski definition) is 1. The molecule has 0 amide bonds. The Labute approximate surface area is 184 Å². The average molecular weight is 400 g/mol. The van der Waals surface area contributed by atoms with E-state index in [0.717, 1.165) is 0 Å². The molecule has 4 aromatic carbocycles. The van der Waals surface area contributed by atoms with Crippen molar-refractivity contribution in [2.75, 3.05) is 0 Å². The molecule has 2 aliphatic rings. The molecule has 1 aliphatic heterocycles. The lowest BCUT2D eigenvalue weighted by Gasteiger charge is -2.30. The van der Waals surface area contributed by atoms with E-state index in [0.29, 0.717) is 23.7 Å². The monoisotopic (exact) mass is 399 g/mol. The summed E-state index contributed by atoms with van der Waals surface area (Å²) in [5.41, 5.74) is 6.70. The highest BCUT2D eigenvalue weighted by Crippen LogP contribution is 2.67. The van der Waals surface area contributed by atoms with Crippen LogP contribution in [-0.2, 0) is 0 Å². The highest BCUT2D eigenvalue weighted by molar-refractivity contribution is 6.06. The van der Waals surface area contributed by atoms with Crippen molar-refractivity contribution >= 4 is 5.71 Å². The molecule has 0 bridgehead atoms. The molecule has 0 spiro atoms. The van der Waals surface area contributed by atoms with Crippen LogP contribution < -0.4 is 0 Å². The molecule has 150 valence electrons. The number of fused-ring (bicyclic) bond motifs is 1. The van der Waals surface area contributed by atoms with E-state index in [-0.39, 0.29) is 6.04 Å². The number of benzene rings is 4. The maximum absolute atomic E-state index is 5.50. The van der Waals surface area contributed by atoms with Crippen LogP contribution in [0.5, 0.6) is 0 Å². The van der Waals surface area contributed by atoms with Crippen LogP contribution >= 0.6 is 0 Å². The first kappa shape index (κ1) is 18.3. The first-order chi connectivity index (χ1) is 15.4. The Bertz CT molecular complexity index is 1180. The van der Waals surface area contributed by atoms with Crippen LogP contribution in [0, 0.1) is 11.8 Å². The third-order valence-corrected chi connectivity index (χ3v) is 7.00. The Kier molecular flexibility index (Phi) is 4.53. The third-order valence-electron chi connectivity index (χ3n) is 7.00. The SMILES string of the molecule is c1ccc(C2=N[C@H](c3ccccc3)[C@H](c3ccccc3)[C@@H]3[C@H]2[C@@H]3c2ccccc2)cc1. The van der Waals surface area contributed by atoms with E-state index in [1.165, 1.54) is 28.0 Å². The molecule has 0 saturated heterocycles. The molecule has 0 N–H and O–H groups in total. The molecule has 0 radical (unpaired) electrons. The van der Waals surface area contributed by atoms with Crippen molar-refractivity contribution in [1.82, 2.24) is 0 Å². The summed E-state index contributed by atoms with van der Waals surface area (Å²) in [6.07, 6.45) is 0. The Morgan fingerprint density at radius 1 is 0.419 bits per heavy atom. The van der Waals surface area contributed by atoms with Gasteiger partial charge in [-0.2, -0.15) is 0 Å². The lowest BCUT2D eigenvalue weighted by molar-refractivity contribution is 0.469. The molecule has 1 heterocycles. The maximum Gasteiger partial charge on any atom is 0.0824 e. The minimum Gasteiger partial charge on any atom is -0.280 e. The fourth-order valence-corrected chi connectivity index (χ4v) is 5.65. The van der Waals surface area contributed by atoms with Crippen LogP contribution in [0.4, 0.5) is 0 Å². The van der Waals surface area contributed by atoms with Crippen molar-refractivity contribution in [1.29, 1.82) is 0 Å². The fourth-order valence-electron chi connectivity index (χ4n) is 5.65. The fraction of sp³-hybridized carbons (Fsp3) is 0.167. The highest BCUT2D eigenvalue weighted by Gasteiger charge is 2.61. The van der Waals surface area contributed by atoms with Gasteiger partial charge in [0, 0.05) is 17.5 Å². The van der Waals surface area contributed by atoms with Crippen LogP contribution in [0.3, 0.4) is 0 Å². The quantitative estimate of drug-likeness (QED) is 0.349. The minimum atomic E-state index is 0.133. The first-order valence-electron chi connectivity index (χ1n) is 11.2. The van der Waals surface area contributed by atoms with Gasteiger partial charge in [-0.15, -0.1) is 0 Å². The van der Waals surface area contributed by atoms with E-state index >= 15 is 0 Å². The smallest absolute Gasteiger partial charge is 0.0824 e. The van der Waals surface area contributed by atoms with E-state index in [1.807, 2.05) is 0 Å². The van der Waals surface area contributed by atoms with Gasteiger partial charge in [0.2, 0.25) is 0 Å². The number of hydrogen-bond donors (Lipinski definition) is 0. The van der Waals surface area contributed by atoms with E-state index in [9.17, 15) is 0 Å². The van der Waals surface area contributed by atoms with E-state index < -0.39 is 0 Å². The second kappa shape index (κ2) is 7.67. The zero-order valence-corrected chi connectivity index (χ0v) is 17.4. The molecule has 4 aromatic rings. The Morgan fingerprint density at radius 3 is 1.42 bits per heavy atom. The van der Waals surface area contributed by atoms with Crippen molar-refractivity contribution < 1.29 is 0 Å². The molecule has 0 aromatic heterocycles. The normalized spacial score (nSPS) is 26.6. The van der Waals surface area contributed by atoms with Gasteiger partial charge in [0.1, 0.15) is 0 Å². The number of aliphatic imine (C=N–C) groups is 1. The first-order valence-corrected chi connectivity index (χ1v) is 11.2. The van der Waals surface area contributed by atoms with Gasteiger partial charge in [0.05, 0.1) is 6.04 Å². The van der Waals surface area contributed by atoms with Gasteiger partial charge < -0.3 is 0 Å². The summed E-state index contributed by atoms with van der Waals surface area (Å²) in [4.78, 5) is 5.50. The largest absolute Gasteiger partial charge is 0.280 e. The summed E-state index contributed by atoms with van der Waals surface area (Å²) in [5, 5.41) is 0. The Balaban J connectivity index is 1.54. The lowest BCUT2D eigenvalue weighted by atomic mass is 9.79. The Hall–Kier alpha value is -3.45. The van der Waals surface area contributed by atoms with Crippen molar-refractivity contribution in [2.24, 2.45) is 16.8 Å². The molecule has 1 heteroatoms. The molecule has 1 fully saturated rings. The summed E-state index contributed by atoms with van der Waals surface area (Å²) in [7, 11) is 0. The standard InChI is InChI=1S/C30H25N/c1-5-13-21(14-6-1)25-27-26(22-15-7-2-8-16-22)29(23-17-9-3-10-18-23)31-30(28(25)27)24-19-11-4-12-20-24/h1-20,25-29H/t25-,26-,27-,28-,29-/m1/s1. The van der Waals surface area contributed by atoms with Crippen LogP contribution in [0.25, 0.3) is 0 Å². The number of nitrogens with zero attached hydrogens (tertiary/aromatic N) is 1. The van der Waals surface area contributed by atoms with Crippen molar-refractivity contribution in [3.8, 4) is 0 Å². The third kappa shape index (κ3) is 3.21. The Morgan fingerprint density at radius 2 is 0.871 bits per heavy atom. The molecule has 0 unspecified atom stereocenters. The summed E-state index contributed by atoms with van der Waals surface area (Å²) in [5.74, 6) is 1.92. The van der Waals surface area contributed by atoms with Gasteiger partial charge in [-0.05, 0) is 34.1 Å². The molecular formula is C30H25N. The maximum atomic E-state index is 5.50. The van der Waals surface area contributed by atoms with Gasteiger partial charge in [0.15, 0.2) is 0 Å². The molecular weight excluding hydrogens is 374 g/mol. The van der Waals surface area contributed by atoms with Crippen molar-refractivity contribution in [3.05, 3.63) is 144 Å². The zero-order chi connectivity index (χ0) is 20.6. The topological polar surface area (TPSA) is 12.4 Å². The molecule has 5 atom stereocenters. The molecule has 1 nitrogen and oxygen atoms in total. The predicted molar refractivity (Wildman–Crippen MR) is 128 cm³/mol. The van der Waals surface area contributed by atoms with E-state index in [2.05, 4.69) is 121 Å². The molecule has 1 aliphatic carbocycles. The van der Waals surface area contributed by atoms with Crippen molar-refractivity contribution in [2.45, 2.75) is 17.9 Å². The minimum absolute atomic E-state index is 0.133. The zero-order valence-electron chi connectivity index (χ0n) is 17.4. The second-order valence-electron chi connectivity index (χ2n) is 8.71. The molecule has 6 rings (SSSR count).